The lowest BCUT2D eigenvalue weighted by Crippen LogP contribution is -2.33. The molecule has 0 atom stereocenters. The number of nitrogens with one attached hydrogen (secondary N) is 3. The average Bonchev–Trinajstić information content (AvgIpc) is 3.13. The van der Waals surface area contributed by atoms with Gasteiger partial charge in [-0.05, 0) is 35.0 Å². The molecule has 0 unspecified atom stereocenters. The second-order valence-corrected chi connectivity index (χ2v) is 6.63. The van der Waals surface area contributed by atoms with Crippen LogP contribution >= 0.6 is 0 Å². The summed E-state index contributed by atoms with van der Waals surface area (Å²) in [6.45, 7) is 2.22. The fourth-order valence-electron chi connectivity index (χ4n) is 3.23. The molecule has 6 nitrogen and oxygen atoms in total. The van der Waals surface area contributed by atoms with Crippen LogP contribution in [0.3, 0.4) is 0 Å². The van der Waals surface area contributed by atoms with E-state index in [1.807, 2.05) is 30.3 Å². The third-order valence-electron chi connectivity index (χ3n) is 4.63. The number of carbonyl (C=O) groups excluding carboxylic acids is 2. The van der Waals surface area contributed by atoms with Crippen molar-refractivity contribution in [3.05, 3.63) is 66.2 Å². The smallest absolute Gasteiger partial charge is 0.251 e. The van der Waals surface area contributed by atoms with Crippen molar-refractivity contribution in [1.29, 1.82) is 0 Å². The highest BCUT2D eigenvalue weighted by Crippen LogP contribution is 2.29. The Balaban J connectivity index is 1.62. The summed E-state index contributed by atoms with van der Waals surface area (Å²) in [7, 11) is 0. The van der Waals surface area contributed by atoms with Crippen molar-refractivity contribution in [1.82, 2.24) is 20.8 Å². The van der Waals surface area contributed by atoms with Crippen LogP contribution in [0.15, 0.2) is 60.7 Å². The third-order valence-corrected chi connectivity index (χ3v) is 4.63. The summed E-state index contributed by atoms with van der Waals surface area (Å²) in [4.78, 5) is 23.3. The minimum Gasteiger partial charge on any atom is -0.355 e. The van der Waals surface area contributed by atoms with Gasteiger partial charge in [0.15, 0.2) is 0 Å². The van der Waals surface area contributed by atoms with Crippen LogP contribution in [0.4, 0.5) is 0 Å². The highest BCUT2D eigenvalue weighted by molar-refractivity contribution is 6.02. The van der Waals surface area contributed by atoms with Gasteiger partial charge in [-0.2, -0.15) is 5.10 Å². The minimum atomic E-state index is -0.182. The maximum absolute atomic E-state index is 12.4. The molecule has 3 aromatic carbocycles. The van der Waals surface area contributed by atoms with Crippen molar-refractivity contribution >= 4 is 33.5 Å². The molecule has 4 rings (SSSR count). The number of amides is 2. The number of hydrogen-bond acceptors (Lipinski definition) is 3. The van der Waals surface area contributed by atoms with Crippen LogP contribution in [0.5, 0.6) is 0 Å². The molecule has 0 aliphatic carbocycles. The lowest BCUT2D eigenvalue weighted by atomic mass is 10.0. The number of carbonyl (C=O) groups is 2. The maximum atomic E-state index is 12.4. The van der Waals surface area contributed by atoms with E-state index in [1.54, 1.807) is 6.07 Å². The van der Waals surface area contributed by atoms with Crippen LogP contribution in [0, 0.1) is 0 Å². The Morgan fingerprint density at radius 2 is 1.71 bits per heavy atom. The summed E-state index contributed by atoms with van der Waals surface area (Å²) in [5.74, 6) is -0.299. The molecule has 0 spiro atoms. The summed E-state index contributed by atoms with van der Waals surface area (Å²) in [6, 6.07) is 19.9. The molecule has 2 amide bonds. The Labute approximate surface area is 161 Å². The molecule has 1 aromatic heterocycles. The van der Waals surface area contributed by atoms with E-state index in [4.69, 9.17) is 0 Å². The average molecular weight is 372 g/mol. The molecule has 6 heteroatoms. The summed E-state index contributed by atoms with van der Waals surface area (Å²) >= 11 is 0. The fourth-order valence-corrected chi connectivity index (χ4v) is 3.23. The topological polar surface area (TPSA) is 86.9 Å². The van der Waals surface area contributed by atoms with Gasteiger partial charge in [0.05, 0.1) is 11.2 Å². The molecular weight excluding hydrogens is 352 g/mol. The molecule has 0 radical (unpaired) electrons. The largest absolute Gasteiger partial charge is 0.355 e. The predicted molar refractivity (Wildman–Crippen MR) is 110 cm³/mol. The van der Waals surface area contributed by atoms with E-state index < -0.39 is 0 Å². The van der Waals surface area contributed by atoms with Gasteiger partial charge in [0.2, 0.25) is 5.91 Å². The number of nitrogens with zero attached hydrogens (tertiary/aromatic N) is 1. The van der Waals surface area contributed by atoms with Gasteiger partial charge in [-0.15, -0.1) is 0 Å². The Morgan fingerprint density at radius 3 is 2.54 bits per heavy atom. The summed E-state index contributed by atoms with van der Waals surface area (Å²) in [5.41, 5.74) is 3.23. The van der Waals surface area contributed by atoms with Crippen molar-refractivity contribution in [3.63, 3.8) is 0 Å². The molecule has 4 aromatic rings. The lowest BCUT2D eigenvalue weighted by molar-refractivity contribution is -0.118. The minimum absolute atomic E-state index is 0.117. The molecule has 0 aliphatic heterocycles. The van der Waals surface area contributed by atoms with Gasteiger partial charge in [0.1, 0.15) is 0 Å². The Hall–Kier alpha value is -3.67. The van der Waals surface area contributed by atoms with Crippen molar-refractivity contribution in [3.8, 4) is 11.3 Å². The van der Waals surface area contributed by atoms with E-state index in [0.29, 0.717) is 18.7 Å². The highest BCUT2D eigenvalue weighted by atomic mass is 16.2. The molecule has 3 N–H and O–H groups in total. The number of hydrogen-bond donors (Lipinski definition) is 3. The van der Waals surface area contributed by atoms with Crippen LogP contribution in [-0.2, 0) is 4.79 Å². The number of aromatic nitrogens is 2. The number of benzene rings is 3. The van der Waals surface area contributed by atoms with Crippen molar-refractivity contribution in [2.75, 3.05) is 13.1 Å². The lowest BCUT2D eigenvalue weighted by Gasteiger charge is -2.06. The monoisotopic (exact) mass is 372 g/mol. The standard InChI is InChI=1S/C22H20N4O2/c1-14(27)23-10-11-24-22(28)18-8-9-20-19(13-18)21(26-25-20)17-7-6-15-4-2-3-5-16(15)12-17/h2-9,12-13H,10-11H2,1H3,(H,23,27)(H,24,28)(H,25,26). The summed E-state index contributed by atoms with van der Waals surface area (Å²) < 4.78 is 0. The Bertz CT molecular complexity index is 1180. The number of fused-ring (bicyclic) bond motifs is 2. The van der Waals surface area contributed by atoms with E-state index in [1.165, 1.54) is 12.3 Å². The fraction of sp³-hybridized carbons (Fsp3) is 0.136. The zero-order valence-corrected chi connectivity index (χ0v) is 15.5. The highest BCUT2D eigenvalue weighted by Gasteiger charge is 2.12. The molecule has 0 saturated heterocycles. The Kier molecular flexibility index (Phi) is 4.76. The van der Waals surface area contributed by atoms with E-state index in [9.17, 15) is 9.59 Å². The first-order chi connectivity index (χ1) is 13.6. The SMILES string of the molecule is CC(=O)NCCNC(=O)c1ccc2[nH]nc(-c3ccc4ccccc4c3)c2c1. The van der Waals surface area contributed by atoms with Crippen LogP contribution < -0.4 is 10.6 Å². The van der Waals surface area contributed by atoms with Gasteiger partial charge in [-0.25, -0.2) is 0 Å². The first kappa shape index (κ1) is 17.7. The van der Waals surface area contributed by atoms with E-state index in [2.05, 4.69) is 45.1 Å². The van der Waals surface area contributed by atoms with Gasteiger partial charge >= 0.3 is 0 Å². The quantitative estimate of drug-likeness (QED) is 0.470. The third kappa shape index (κ3) is 3.57. The zero-order chi connectivity index (χ0) is 19.5. The molecule has 0 aliphatic rings. The van der Waals surface area contributed by atoms with Crippen molar-refractivity contribution in [2.45, 2.75) is 6.92 Å². The Morgan fingerprint density at radius 1 is 0.929 bits per heavy atom. The zero-order valence-electron chi connectivity index (χ0n) is 15.5. The first-order valence-electron chi connectivity index (χ1n) is 9.12. The first-order valence-corrected chi connectivity index (χ1v) is 9.12. The normalized spacial score (nSPS) is 10.9. The van der Waals surface area contributed by atoms with E-state index >= 15 is 0 Å². The molecule has 0 saturated carbocycles. The van der Waals surface area contributed by atoms with Crippen LogP contribution in [0.2, 0.25) is 0 Å². The van der Waals surface area contributed by atoms with Crippen molar-refractivity contribution in [2.24, 2.45) is 0 Å². The second kappa shape index (κ2) is 7.52. The van der Waals surface area contributed by atoms with E-state index in [0.717, 1.165) is 27.5 Å². The summed E-state index contributed by atoms with van der Waals surface area (Å²) in [5, 5.41) is 16.2. The van der Waals surface area contributed by atoms with Gasteiger partial charge in [-0.3, -0.25) is 14.7 Å². The predicted octanol–water partition coefficient (Wildman–Crippen LogP) is 3.25. The maximum Gasteiger partial charge on any atom is 0.251 e. The van der Waals surface area contributed by atoms with E-state index in [-0.39, 0.29) is 11.8 Å². The van der Waals surface area contributed by atoms with Crippen molar-refractivity contribution < 1.29 is 9.59 Å². The molecule has 0 fully saturated rings. The van der Waals surface area contributed by atoms with Crippen LogP contribution in [-0.4, -0.2) is 35.1 Å². The van der Waals surface area contributed by atoms with Gasteiger partial charge in [0.25, 0.3) is 5.91 Å². The molecule has 0 bridgehead atoms. The van der Waals surface area contributed by atoms with Crippen LogP contribution in [0.1, 0.15) is 17.3 Å². The molecule has 28 heavy (non-hydrogen) atoms. The van der Waals surface area contributed by atoms with Crippen LogP contribution in [0.25, 0.3) is 32.9 Å². The van der Waals surface area contributed by atoms with Gasteiger partial charge in [0, 0.05) is 36.5 Å². The molecule has 140 valence electrons. The molecule has 1 heterocycles. The number of H-pyrrole nitrogens is 1. The van der Waals surface area contributed by atoms with Gasteiger partial charge < -0.3 is 10.6 Å². The number of rotatable bonds is 5. The summed E-state index contributed by atoms with van der Waals surface area (Å²) in [6.07, 6.45) is 0. The van der Waals surface area contributed by atoms with Gasteiger partial charge in [-0.1, -0.05) is 36.4 Å². The second-order valence-electron chi connectivity index (χ2n) is 6.63. The molecular formula is C22H20N4O2. The number of aromatic amines is 1.